The zero-order chi connectivity index (χ0) is 19.3. The van der Waals surface area contributed by atoms with Gasteiger partial charge in [-0.2, -0.15) is 9.78 Å². The van der Waals surface area contributed by atoms with Crippen molar-refractivity contribution in [2.75, 3.05) is 7.11 Å². The molecular formula is C22H17N3O2S. The summed E-state index contributed by atoms with van der Waals surface area (Å²) in [6.45, 7) is 0. The molecule has 6 heteroatoms. The van der Waals surface area contributed by atoms with Crippen molar-refractivity contribution in [2.45, 2.75) is 0 Å². The number of fused-ring (bicyclic) bond motifs is 1. The van der Waals surface area contributed by atoms with E-state index in [4.69, 9.17) is 4.74 Å². The molecule has 0 aliphatic rings. The van der Waals surface area contributed by atoms with Gasteiger partial charge < -0.3 is 4.74 Å². The summed E-state index contributed by atoms with van der Waals surface area (Å²) in [4.78, 5) is 18.0. The number of hydrogen-bond acceptors (Lipinski definition) is 5. The van der Waals surface area contributed by atoms with Crippen LogP contribution in [-0.2, 0) is 0 Å². The Morgan fingerprint density at radius 1 is 1.11 bits per heavy atom. The third kappa shape index (κ3) is 3.50. The molecule has 2 aromatic carbocycles. The van der Waals surface area contributed by atoms with Gasteiger partial charge in [-0.3, -0.25) is 4.79 Å². The Morgan fingerprint density at radius 2 is 1.89 bits per heavy atom. The quantitative estimate of drug-likeness (QED) is 0.467. The predicted molar refractivity (Wildman–Crippen MR) is 115 cm³/mol. The fourth-order valence-corrected chi connectivity index (χ4v) is 3.80. The van der Waals surface area contributed by atoms with E-state index in [-0.39, 0.29) is 5.56 Å². The molecule has 0 unspecified atom stereocenters. The first-order chi connectivity index (χ1) is 13.8. The molecule has 0 saturated carbocycles. The fraction of sp³-hybridized carbons (Fsp3) is 0.0455. The van der Waals surface area contributed by atoms with Crippen molar-refractivity contribution in [3.8, 4) is 16.9 Å². The molecular weight excluding hydrogens is 370 g/mol. The van der Waals surface area contributed by atoms with E-state index in [0.29, 0.717) is 10.2 Å². The van der Waals surface area contributed by atoms with Gasteiger partial charge in [-0.05, 0) is 23.8 Å². The van der Waals surface area contributed by atoms with Crippen LogP contribution in [0, 0.1) is 0 Å². The molecule has 0 amide bonds. The number of methoxy groups -OCH3 is 1. The zero-order valence-electron chi connectivity index (χ0n) is 15.1. The minimum atomic E-state index is -0.188. The highest BCUT2D eigenvalue weighted by Gasteiger charge is 2.12. The first-order valence-corrected chi connectivity index (χ1v) is 9.54. The van der Waals surface area contributed by atoms with Crippen LogP contribution < -0.4 is 10.3 Å². The molecule has 0 radical (unpaired) electrons. The van der Waals surface area contributed by atoms with Gasteiger partial charge in [-0.1, -0.05) is 48.5 Å². The number of ether oxygens (including phenoxy) is 1. The van der Waals surface area contributed by atoms with Crippen molar-refractivity contribution in [1.82, 2.24) is 9.66 Å². The van der Waals surface area contributed by atoms with Crippen LogP contribution in [-0.4, -0.2) is 23.0 Å². The molecule has 0 atom stereocenters. The second-order valence-electron chi connectivity index (χ2n) is 5.96. The maximum absolute atomic E-state index is 12.9. The standard InChI is InChI=1S/C22H17N3O2S/c1-27-19-12-6-5-10-17(19)11-7-13-24-25-15-23-21-20(22(25)26)18(14-28-21)16-8-3-2-4-9-16/h2-15H,1H3. The van der Waals surface area contributed by atoms with Gasteiger partial charge in [0.1, 0.15) is 16.9 Å². The van der Waals surface area contributed by atoms with Gasteiger partial charge in [0, 0.05) is 22.7 Å². The van der Waals surface area contributed by atoms with Crippen LogP contribution in [0.15, 0.2) is 82.3 Å². The number of thiophene rings is 1. The Hall–Kier alpha value is -3.51. The lowest BCUT2D eigenvalue weighted by Gasteiger charge is -2.02. The van der Waals surface area contributed by atoms with E-state index in [2.05, 4.69) is 10.1 Å². The molecule has 0 aliphatic heterocycles. The molecule has 0 spiro atoms. The number of hydrogen-bond donors (Lipinski definition) is 0. The molecule has 28 heavy (non-hydrogen) atoms. The van der Waals surface area contributed by atoms with Gasteiger partial charge in [-0.25, -0.2) is 4.98 Å². The largest absolute Gasteiger partial charge is 0.496 e. The summed E-state index contributed by atoms with van der Waals surface area (Å²) in [5, 5.41) is 6.78. The van der Waals surface area contributed by atoms with E-state index >= 15 is 0 Å². The van der Waals surface area contributed by atoms with Gasteiger partial charge in [0.05, 0.1) is 12.5 Å². The molecule has 0 aliphatic carbocycles. The highest BCUT2D eigenvalue weighted by molar-refractivity contribution is 7.17. The molecule has 138 valence electrons. The molecule has 0 saturated heterocycles. The van der Waals surface area contributed by atoms with Gasteiger partial charge in [0.2, 0.25) is 0 Å². The van der Waals surface area contributed by atoms with Gasteiger partial charge in [0.15, 0.2) is 0 Å². The lowest BCUT2D eigenvalue weighted by Crippen LogP contribution is -2.16. The maximum Gasteiger partial charge on any atom is 0.283 e. The molecule has 4 aromatic rings. The van der Waals surface area contributed by atoms with Crippen LogP contribution in [0.1, 0.15) is 5.56 Å². The van der Waals surface area contributed by atoms with Crippen LogP contribution in [0.5, 0.6) is 5.75 Å². The smallest absolute Gasteiger partial charge is 0.283 e. The number of rotatable bonds is 5. The van der Waals surface area contributed by atoms with Crippen LogP contribution >= 0.6 is 11.3 Å². The number of para-hydroxylation sites is 1. The van der Waals surface area contributed by atoms with Gasteiger partial charge in [-0.15, -0.1) is 11.3 Å². The van der Waals surface area contributed by atoms with Crippen molar-refractivity contribution < 1.29 is 4.74 Å². The van der Waals surface area contributed by atoms with Crippen molar-refractivity contribution in [3.63, 3.8) is 0 Å². The van der Waals surface area contributed by atoms with Crippen molar-refractivity contribution in [2.24, 2.45) is 5.10 Å². The minimum Gasteiger partial charge on any atom is -0.496 e. The molecule has 4 rings (SSSR count). The normalized spacial score (nSPS) is 11.6. The van der Waals surface area contributed by atoms with Crippen molar-refractivity contribution in [1.29, 1.82) is 0 Å². The topological polar surface area (TPSA) is 56.5 Å². The van der Waals surface area contributed by atoms with E-state index in [1.807, 2.05) is 66.1 Å². The average Bonchev–Trinajstić information content (AvgIpc) is 3.18. The highest BCUT2D eigenvalue weighted by Crippen LogP contribution is 2.30. The Kier molecular flexibility index (Phi) is 5.12. The summed E-state index contributed by atoms with van der Waals surface area (Å²) in [5.41, 5.74) is 2.62. The van der Waals surface area contributed by atoms with Crippen LogP contribution in [0.25, 0.3) is 27.4 Å². The molecule has 0 N–H and O–H groups in total. The number of nitrogens with zero attached hydrogens (tertiary/aromatic N) is 3. The summed E-state index contributed by atoms with van der Waals surface area (Å²) in [6, 6.07) is 17.5. The molecule has 2 heterocycles. The third-order valence-corrected chi connectivity index (χ3v) is 5.14. The third-order valence-electron chi connectivity index (χ3n) is 4.25. The average molecular weight is 387 g/mol. The van der Waals surface area contributed by atoms with Gasteiger partial charge in [0.25, 0.3) is 5.56 Å². The highest BCUT2D eigenvalue weighted by atomic mass is 32.1. The summed E-state index contributed by atoms with van der Waals surface area (Å²) in [5.74, 6) is 0.776. The van der Waals surface area contributed by atoms with E-state index in [0.717, 1.165) is 22.4 Å². The van der Waals surface area contributed by atoms with E-state index in [1.165, 1.54) is 22.3 Å². The predicted octanol–water partition coefficient (Wildman–Crippen LogP) is 4.68. The summed E-state index contributed by atoms with van der Waals surface area (Å²) in [6.07, 6.45) is 6.65. The first-order valence-electron chi connectivity index (χ1n) is 8.66. The SMILES string of the molecule is COc1ccccc1C=CC=Nn1cnc2scc(-c3ccccc3)c2c1=O. The second-order valence-corrected chi connectivity index (χ2v) is 6.81. The lowest BCUT2D eigenvalue weighted by atomic mass is 10.1. The molecule has 2 aromatic heterocycles. The zero-order valence-corrected chi connectivity index (χ0v) is 16.0. The van der Waals surface area contributed by atoms with E-state index in [1.54, 1.807) is 19.4 Å². The summed E-state index contributed by atoms with van der Waals surface area (Å²) >= 11 is 1.46. The Morgan fingerprint density at radius 3 is 2.71 bits per heavy atom. The molecule has 5 nitrogen and oxygen atoms in total. The molecule has 0 bridgehead atoms. The fourth-order valence-electron chi connectivity index (χ4n) is 2.90. The van der Waals surface area contributed by atoms with Crippen LogP contribution in [0.2, 0.25) is 0 Å². The van der Waals surface area contributed by atoms with E-state index in [9.17, 15) is 4.79 Å². The van der Waals surface area contributed by atoms with Crippen molar-refractivity contribution in [3.05, 3.63) is 88.3 Å². The van der Waals surface area contributed by atoms with Crippen LogP contribution in [0.4, 0.5) is 0 Å². The number of benzene rings is 2. The summed E-state index contributed by atoms with van der Waals surface area (Å²) in [7, 11) is 1.63. The summed E-state index contributed by atoms with van der Waals surface area (Å²) < 4.78 is 6.57. The number of aromatic nitrogens is 2. The Labute approximate surface area is 165 Å². The number of allylic oxidation sites excluding steroid dienone is 1. The van der Waals surface area contributed by atoms with E-state index < -0.39 is 0 Å². The van der Waals surface area contributed by atoms with Gasteiger partial charge >= 0.3 is 0 Å². The monoisotopic (exact) mass is 387 g/mol. The molecule has 0 fully saturated rings. The minimum absolute atomic E-state index is 0.188. The first kappa shape index (κ1) is 17.9. The Balaban J connectivity index is 1.66. The maximum atomic E-state index is 12.9. The lowest BCUT2D eigenvalue weighted by molar-refractivity contribution is 0.414. The van der Waals surface area contributed by atoms with Crippen LogP contribution in [0.3, 0.4) is 0 Å². The van der Waals surface area contributed by atoms with Crippen molar-refractivity contribution >= 4 is 33.8 Å². The Bertz CT molecular complexity index is 1220. The second kappa shape index (κ2) is 8.02.